The number of likely N-dealkylation sites (N-methyl/N-ethyl adjacent to an activating group) is 1. The summed E-state index contributed by atoms with van der Waals surface area (Å²) in [7, 11) is 1.77. The first-order valence-electron chi connectivity index (χ1n) is 8.06. The number of rotatable bonds is 1. The highest BCUT2D eigenvalue weighted by Crippen LogP contribution is 2.37. The first-order valence-corrected chi connectivity index (χ1v) is 8.06. The molecule has 28 heavy (non-hydrogen) atoms. The predicted molar refractivity (Wildman–Crippen MR) is 95.6 cm³/mol. The SMILES string of the molecule is C=C1COc2cc(F)c(-n3c(=O)cc(F)n4c(C)cnc34)cc2N1C.FCF. The second-order valence-electron chi connectivity index (χ2n) is 5.96. The smallest absolute Gasteiger partial charge is 0.262 e. The number of benzene rings is 1. The number of imidazole rings is 1. The second-order valence-corrected chi connectivity index (χ2v) is 5.96. The molecule has 1 aliphatic rings. The molecule has 3 aromatic rings. The summed E-state index contributed by atoms with van der Waals surface area (Å²) in [6, 6.07) is 3.48. The van der Waals surface area contributed by atoms with Crippen molar-refractivity contribution in [2.75, 3.05) is 25.5 Å². The molecule has 1 aliphatic heterocycles. The molecular formula is C18H16F4N4O2. The van der Waals surface area contributed by atoms with Crippen LogP contribution in [0.2, 0.25) is 0 Å². The van der Waals surface area contributed by atoms with Crippen LogP contribution in [-0.2, 0) is 0 Å². The van der Waals surface area contributed by atoms with Crippen LogP contribution in [0.5, 0.6) is 5.75 Å². The van der Waals surface area contributed by atoms with Crippen molar-refractivity contribution in [2.24, 2.45) is 0 Å². The molecule has 6 nitrogen and oxygen atoms in total. The molecule has 0 fully saturated rings. The van der Waals surface area contributed by atoms with E-state index in [1.54, 1.807) is 18.9 Å². The average molecular weight is 396 g/mol. The lowest BCUT2D eigenvalue weighted by atomic mass is 10.2. The number of hydrogen-bond donors (Lipinski definition) is 0. The van der Waals surface area contributed by atoms with E-state index in [9.17, 15) is 22.4 Å². The molecule has 2 aromatic heterocycles. The van der Waals surface area contributed by atoms with Gasteiger partial charge in [-0.3, -0.25) is 9.20 Å². The zero-order valence-corrected chi connectivity index (χ0v) is 15.0. The van der Waals surface area contributed by atoms with Crippen LogP contribution in [0.3, 0.4) is 0 Å². The van der Waals surface area contributed by atoms with Crippen LogP contribution in [0, 0.1) is 18.7 Å². The molecule has 0 radical (unpaired) electrons. The maximum absolute atomic E-state index is 14.7. The molecule has 0 unspecified atom stereocenters. The number of alkyl halides is 2. The van der Waals surface area contributed by atoms with Crippen molar-refractivity contribution >= 4 is 11.5 Å². The topological polar surface area (TPSA) is 51.8 Å². The fraction of sp³-hybridized carbons (Fsp3) is 0.222. The second kappa shape index (κ2) is 7.37. The zero-order valence-electron chi connectivity index (χ0n) is 15.0. The Labute approximate surface area is 156 Å². The average Bonchev–Trinajstić information content (AvgIpc) is 3.02. The van der Waals surface area contributed by atoms with Gasteiger partial charge < -0.3 is 9.64 Å². The third-order valence-corrected chi connectivity index (χ3v) is 4.30. The Hall–Kier alpha value is -3.30. The number of aromatic nitrogens is 3. The van der Waals surface area contributed by atoms with Crippen LogP contribution in [0.4, 0.5) is 23.2 Å². The molecule has 3 heterocycles. The minimum atomic E-state index is -1.75. The summed E-state index contributed by atoms with van der Waals surface area (Å²) in [5, 5.41) is 0. The quantitative estimate of drug-likeness (QED) is 0.468. The molecule has 0 atom stereocenters. The molecule has 0 spiro atoms. The van der Waals surface area contributed by atoms with Gasteiger partial charge in [0.15, 0.2) is 5.82 Å². The normalized spacial score (nSPS) is 13.1. The standard InChI is InChI=1S/C17H14F2N4O2.CH2F2/c1-9-7-20-17-22(9)15(19)6-16(24)23(17)12-5-13-14(4-11(12)18)25-8-10(2)21(13)3;2-1-3/h4-7H,2,8H2,1,3H3;1H2. The van der Waals surface area contributed by atoms with E-state index in [4.69, 9.17) is 4.74 Å². The van der Waals surface area contributed by atoms with E-state index in [0.29, 0.717) is 22.8 Å². The highest BCUT2D eigenvalue weighted by Gasteiger charge is 2.23. The van der Waals surface area contributed by atoms with E-state index in [1.807, 2.05) is 0 Å². The van der Waals surface area contributed by atoms with E-state index >= 15 is 0 Å². The van der Waals surface area contributed by atoms with Crippen LogP contribution in [0.1, 0.15) is 5.69 Å². The highest BCUT2D eigenvalue weighted by atomic mass is 19.3. The molecule has 10 heteroatoms. The first kappa shape index (κ1) is 19.5. The van der Waals surface area contributed by atoms with Gasteiger partial charge in [-0.2, -0.15) is 4.39 Å². The third-order valence-electron chi connectivity index (χ3n) is 4.30. The van der Waals surface area contributed by atoms with Crippen LogP contribution in [-0.4, -0.2) is 34.5 Å². The summed E-state index contributed by atoms with van der Waals surface area (Å²) < 4.78 is 55.7. The van der Waals surface area contributed by atoms with Gasteiger partial charge in [-0.15, -0.1) is 0 Å². The van der Waals surface area contributed by atoms with Crippen LogP contribution < -0.4 is 15.2 Å². The van der Waals surface area contributed by atoms with Crippen LogP contribution in [0.15, 0.2) is 41.5 Å². The van der Waals surface area contributed by atoms with E-state index in [0.717, 1.165) is 15.0 Å². The van der Waals surface area contributed by atoms with Gasteiger partial charge in [-0.25, -0.2) is 22.7 Å². The van der Waals surface area contributed by atoms with Gasteiger partial charge in [0.1, 0.15) is 12.4 Å². The highest BCUT2D eigenvalue weighted by molar-refractivity contribution is 5.68. The molecule has 0 bridgehead atoms. The fourth-order valence-electron chi connectivity index (χ4n) is 2.91. The Morgan fingerprint density at radius 3 is 2.57 bits per heavy atom. The number of anilines is 1. The van der Waals surface area contributed by atoms with E-state index in [1.165, 1.54) is 18.3 Å². The summed E-state index contributed by atoms with van der Waals surface area (Å²) in [5.41, 5.74) is 0.995. The number of hydrogen-bond acceptors (Lipinski definition) is 4. The van der Waals surface area contributed by atoms with Crippen molar-refractivity contribution in [1.82, 2.24) is 14.0 Å². The first-order chi connectivity index (χ1) is 13.3. The van der Waals surface area contributed by atoms with Crippen molar-refractivity contribution in [3.05, 3.63) is 64.5 Å². The molecular weight excluding hydrogens is 380 g/mol. The number of aryl methyl sites for hydroxylation is 1. The fourth-order valence-corrected chi connectivity index (χ4v) is 2.91. The largest absolute Gasteiger partial charge is 0.485 e. The molecule has 148 valence electrons. The molecule has 0 aliphatic carbocycles. The van der Waals surface area contributed by atoms with Gasteiger partial charge in [0, 0.05) is 24.5 Å². The van der Waals surface area contributed by atoms with Crippen molar-refractivity contribution in [3.8, 4) is 11.4 Å². The van der Waals surface area contributed by atoms with Crippen molar-refractivity contribution in [3.63, 3.8) is 0 Å². The van der Waals surface area contributed by atoms with Crippen molar-refractivity contribution in [1.29, 1.82) is 0 Å². The summed E-state index contributed by atoms with van der Waals surface area (Å²) in [5.74, 6) is -1.07. The Morgan fingerprint density at radius 2 is 1.89 bits per heavy atom. The number of ether oxygens (including phenoxy) is 1. The lowest BCUT2D eigenvalue weighted by molar-refractivity contribution is 0.295. The van der Waals surface area contributed by atoms with Gasteiger partial charge >= 0.3 is 0 Å². The Bertz CT molecular complexity index is 1120. The van der Waals surface area contributed by atoms with Crippen LogP contribution in [0.25, 0.3) is 11.5 Å². The molecule has 0 N–H and O–H groups in total. The summed E-state index contributed by atoms with van der Waals surface area (Å²) in [6.07, 6.45) is 1.42. The Balaban J connectivity index is 0.000000706. The minimum Gasteiger partial charge on any atom is -0.485 e. The van der Waals surface area contributed by atoms with Gasteiger partial charge in [0.2, 0.25) is 18.7 Å². The molecule has 1 aromatic carbocycles. The number of halogens is 4. The Kier molecular flexibility index (Phi) is 5.12. The van der Waals surface area contributed by atoms with Crippen LogP contribution >= 0.6 is 0 Å². The van der Waals surface area contributed by atoms with Gasteiger partial charge in [-0.1, -0.05) is 6.58 Å². The van der Waals surface area contributed by atoms with E-state index < -0.39 is 24.3 Å². The number of fused-ring (bicyclic) bond motifs is 2. The minimum absolute atomic E-state index is 0.000410. The lowest BCUT2D eigenvalue weighted by Gasteiger charge is -2.30. The third kappa shape index (κ3) is 3.10. The molecule has 0 saturated carbocycles. The van der Waals surface area contributed by atoms with Gasteiger partial charge in [-0.05, 0) is 13.0 Å². The maximum atomic E-state index is 14.7. The predicted octanol–water partition coefficient (Wildman–Crippen LogP) is 3.30. The number of nitrogens with zero attached hydrogens (tertiary/aromatic N) is 4. The summed E-state index contributed by atoms with van der Waals surface area (Å²) in [4.78, 5) is 18.2. The molecule has 4 rings (SSSR count). The monoisotopic (exact) mass is 396 g/mol. The molecule has 0 saturated heterocycles. The summed E-state index contributed by atoms with van der Waals surface area (Å²) >= 11 is 0. The lowest BCUT2D eigenvalue weighted by Crippen LogP contribution is -2.27. The zero-order chi connectivity index (χ0) is 20.6. The Morgan fingerprint density at radius 1 is 1.21 bits per heavy atom. The summed E-state index contributed by atoms with van der Waals surface area (Å²) in [6.45, 7) is 4.02. The van der Waals surface area contributed by atoms with Gasteiger partial charge in [0.05, 0.1) is 23.6 Å². The van der Waals surface area contributed by atoms with E-state index in [2.05, 4.69) is 11.6 Å². The van der Waals surface area contributed by atoms with Gasteiger partial charge in [0.25, 0.3) is 5.56 Å². The van der Waals surface area contributed by atoms with E-state index in [-0.39, 0.29) is 18.1 Å². The van der Waals surface area contributed by atoms with Crippen molar-refractivity contribution < 1.29 is 22.3 Å². The van der Waals surface area contributed by atoms with Crippen molar-refractivity contribution in [2.45, 2.75) is 6.92 Å². The maximum Gasteiger partial charge on any atom is 0.262 e. The molecule has 0 amide bonds.